The molecule has 0 saturated heterocycles. The zero-order valence-corrected chi connectivity index (χ0v) is 21.1. The number of pyridine rings is 1. The molecule has 2 N–H and O–H groups in total. The number of aliphatic hydroxyl groups is 1. The lowest BCUT2D eigenvalue weighted by Crippen LogP contribution is -2.23. The van der Waals surface area contributed by atoms with Gasteiger partial charge in [-0.2, -0.15) is 18.9 Å². The first-order valence-electron chi connectivity index (χ1n) is 12.4. The second-order valence-electron chi connectivity index (χ2n) is 8.57. The molecule has 0 aliphatic heterocycles. The van der Waals surface area contributed by atoms with E-state index in [0.717, 1.165) is 10.9 Å². The molecule has 0 fully saturated rings. The maximum atomic E-state index is 13.9. The lowest BCUT2D eigenvalue weighted by Gasteiger charge is -2.14. The van der Waals surface area contributed by atoms with Crippen molar-refractivity contribution in [1.82, 2.24) is 29.6 Å². The first-order valence-corrected chi connectivity index (χ1v) is 12.4. The van der Waals surface area contributed by atoms with Gasteiger partial charge < -0.3 is 19.9 Å². The van der Waals surface area contributed by atoms with Crippen molar-refractivity contribution < 1.29 is 23.4 Å². The minimum Gasteiger partial charge on any atom is -0.464 e. The third-order valence-electron chi connectivity index (χ3n) is 5.98. The van der Waals surface area contributed by atoms with Crippen LogP contribution in [0.2, 0.25) is 0 Å². The van der Waals surface area contributed by atoms with Crippen molar-refractivity contribution in [1.29, 1.82) is 0 Å². The molecule has 12 heteroatoms. The fourth-order valence-electron chi connectivity index (χ4n) is 4.26. The lowest BCUT2D eigenvalue weighted by atomic mass is 10.0. The molecule has 0 spiro atoms. The van der Waals surface area contributed by atoms with Crippen LogP contribution in [0.4, 0.5) is 8.78 Å². The third kappa shape index (κ3) is 5.71. The average Bonchev–Trinajstić information content (AvgIpc) is 3.33. The Kier molecular flexibility index (Phi) is 7.75. The molecular weight excluding hydrogens is 510 g/mol. The van der Waals surface area contributed by atoms with Gasteiger partial charge in [-0.1, -0.05) is 6.07 Å². The Morgan fingerprint density at radius 2 is 1.90 bits per heavy atom. The number of halogens is 2. The molecule has 0 unspecified atom stereocenters. The van der Waals surface area contributed by atoms with Gasteiger partial charge in [-0.15, -0.1) is 0 Å². The molecule has 3 aromatic heterocycles. The summed E-state index contributed by atoms with van der Waals surface area (Å²) in [6, 6.07) is 13.2. The van der Waals surface area contributed by atoms with Crippen molar-refractivity contribution in [3.63, 3.8) is 0 Å². The second kappa shape index (κ2) is 11.5. The third-order valence-corrected chi connectivity index (χ3v) is 5.98. The summed E-state index contributed by atoms with van der Waals surface area (Å²) in [7, 11) is 0. The highest BCUT2D eigenvalue weighted by Crippen LogP contribution is 2.27. The second-order valence-corrected chi connectivity index (χ2v) is 8.57. The molecule has 3 heterocycles. The summed E-state index contributed by atoms with van der Waals surface area (Å²) in [5.41, 5.74) is 2.23. The number of nitrogens with one attached hydrogen (secondary N) is 1. The van der Waals surface area contributed by atoms with Crippen LogP contribution in [-0.4, -0.2) is 62.3 Å². The van der Waals surface area contributed by atoms with Gasteiger partial charge in [0.05, 0.1) is 31.0 Å². The Morgan fingerprint density at radius 3 is 2.64 bits per heavy atom. The maximum absolute atomic E-state index is 13.9. The summed E-state index contributed by atoms with van der Waals surface area (Å²) in [6.07, 6.45) is 3.48. The SMILES string of the molecule is CCOc1ncc2cc(-c3ccc4nn(CCNCCO)cc4c3)c(=O)n(-c3ccc(OC(F)F)cc3)c2n1. The van der Waals surface area contributed by atoms with Crippen molar-refractivity contribution in [3.05, 3.63) is 71.3 Å². The molecule has 5 rings (SSSR count). The zero-order valence-electron chi connectivity index (χ0n) is 21.1. The molecular formula is C27H26F2N6O4. The van der Waals surface area contributed by atoms with Crippen LogP contribution in [0, 0.1) is 0 Å². The van der Waals surface area contributed by atoms with Gasteiger partial charge in [-0.3, -0.25) is 14.0 Å². The van der Waals surface area contributed by atoms with E-state index < -0.39 is 6.61 Å². The number of hydrogen-bond donors (Lipinski definition) is 2. The van der Waals surface area contributed by atoms with Crippen LogP contribution < -0.4 is 20.3 Å². The van der Waals surface area contributed by atoms with E-state index in [0.29, 0.717) is 54.1 Å². The standard InChI is InChI=1S/C27H26F2N6O4/c1-2-38-27-31-15-18-14-22(17-3-8-23-19(13-17)16-34(33-23)11-9-30-10-12-36)25(37)35(24(18)32-27)20-4-6-21(7-5-20)39-26(28)29/h3-8,13-16,26,30,36H,2,9-12H2,1H3. The number of aromatic nitrogens is 5. The van der Waals surface area contributed by atoms with Gasteiger partial charge in [-0.05, 0) is 55.0 Å². The number of benzene rings is 2. The number of aliphatic hydroxyl groups excluding tert-OH is 1. The van der Waals surface area contributed by atoms with Crippen molar-refractivity contribution in [2.45, 2.75) is 20.1 Å². The van der Waals surface area contributed by atoms with E-state index in [-0.39, 0.29) is 23.9 Å². The van der Waals surface area contributed by atoms with Crippen LogP contribution in [0.5, 0.6) is 11.8 Å². The van der Waals surface area contributed by atoms with Crippen LogP contribution >= 0.6 is 0 Å². The Morgan fingerprint density at radius 1 is 1.08 bits per heavy atom. The van der Waals surface area contributed by atoms with Gasteiger partial charge in [0.2, 0.25) is 0 Å². The monoisotopic (exact) mass is 536 g/mol. The quantitative estimate of drug-likeness (QED) is 0.247. The fourth-order valence-corrected chi connectivity index (χ4v) is 4.26. The lowest BCUT2D eigenvalue weighted by molar-refractivity contribution is -0.0498. The highest BCUT2D eigenvalue weighted by Gasteiger charge is 2.17. The minimum atomic E-state index is -2.96. The molecule has 0 amide bonds. The molecule has 202 valence electrons. The molecule has 0 bridgehead atoms. The summed E-state index contributed by atoms with van der Waals surface area (Å²) in [4.78, 5) is 22.6. The minimum absolute atomic E-state index is 0.0269. The van der Waals surface area contributed by atoms with Crippen molar-refractivity contribution >= 4 is 21.9 Å². The summed E-state index contributed by atoms with van der Waals surface area (Å²) in [5.74, 6) is -0.0269. The molecule has 0 radical (unpaired) electrons. The zero-order chi connectivity index (χ0) is 27.4. The summed E-state index contributed by atoms with van der Waals surface area (Å²) in [6.45, 7) is 1.05. The van der Waals surface area contributed by atoms with Crippen molar-refractivity contribution in [3.8, 4) is 28.6 Å². The van der Waals surface area contributed by atoms with Gasteiger partial charge in [-0.25, -0.2) is 4.98 Å². The predicted molar refractivity (Wildman–Crippen MR) is 142 cm³/mol. The first kappa shape index (κ1) is 26.2. The molecule has 39 heavy (non-hydrogen) atoms. The van der Waals surface area contributed by atoms with Gasteiger partial charge in [0.25, 0.3) is 5.56 Å². The van der Waals surface area contributed by atoms with E-state index in [1.807, 2.05) is 29.1 Å². The van der Waals surface area contributed by atoms with Gasteiger partial charge in [0, 0.05) is 41.8 Å². The van der Waals surface area contributed by atoms with E-state index in [9.17, 15) is 13.6 Å². The molecule has 0 aliphatic rings. The number of rotatable bonds is 11. The normalized spacial score (nSPS) is 11.5. The Balaban J connectivity index is 1.60. The number of fused-ring (bicyclic) bond motifs is 2. The maximum Gasteiger partial charge on any atom is 0.387 e. The highest BCUT2D eigenvalue weighted by molar-refractivity contribution is 5.87. The van der Waals surface area contributed by atoms with Crippen LogP contribution in [0.15, 0.2) is 65.7 Å². The summed E-state index contributed by atoms with van der Waals surface area (Å²) in [5, 5.41) is 18.1. The first-order chi connectivity index (χ1) is 19.0. The van der Waals surface area contributed by atoms with Gasteiger partial charge in [0.15, 0.2) is 5.65 Å². The Bertz CT molecular complexity index is 1650. The van der Waals surface area contributed by atoms with Crippen molar-refractivity contribution in [2.24, 2.45) is 0 Å². The van der Waals surface area contributed by atoms with Crippen LogP contribution in [0.3, 0.4) is 0 Å². The average molecular weight is 537 g/mol. The molecule has 0 atom stereocenters. The number of nitrogens with zero attached hydrogens (tertiary/aromatic N) is 5. The van der Waals surface area contributed by atoms with Gasteiger partial charge in [0.1, 0.15) is 5.75 Å². The van der Waals surface area contributed by atoms with Gasteiger partial charge >= 0.3 is 12.6 Å². The Labute approximate surface area is 221 Å². The van der Waals surface area contributed by atoms with Crippen LogP contribution in [0.1, 0.15) is 6.92 Å². The smallest absolute Gasteiger partial charge is 0.387 e. The largest absolute Gasteiger partial charge is 0.464 e. The fraction of sp³-hybridized carbons (Fsp3) is 0.259. The van der Waals surface area contributed by atoms with Crippen LogP contribution in [0.25, 0.3) is 38.8 Å². The van der Waals surface area contributed by atoms with E-state index in [4.69, 9.17) is 9.84 Å². The van der Waals surface area contributed by atoms with Crippen LogP contribution in [-0.2, 0) is 6.54 Å². The van der Waals surface area contributed by atoms with E-state index in [1.54, 1.807) is 19.2 Å². The summed E-state index contributed by atoms with van der Waals surface area (Å²) >= 11 is 0. The van der Waals surface area contributed by atoms with E-state index in [1.165, 1.54) is 28.8 Å². The summed E-state index contributed by atoms with van der Waals surface area (Å²) < 4.78 is 38.4. The topological polar surface area (TPSA) is 116 Å². The number of ether oxygens (including phenoxy) is 2. The molecule has 0 aliphatic carbocycles. The molecule has 10 nitrogen and oxygen atoms in total. The number of alkyl halides is 2. The van der Waals surface area contributed by atoms with E-state index in [2.05, 4.69) is 25.1 Å². The molecule has 0 saturated carbocycles. The highest BCUT2D eigenvalue weighted by atomic mass is 19.3. The van der Waals surface area contributed by atoms with Crippen molar-refractivity contribution in [2.75, 3.05) is 26.3 Å². The Hall–Kier alpha value is -4.42. The molecule has 2 aromatic carbocycles. The molecule has 5 aromatic rings. The van der Waals surface area contributed by atoms with E-state index >= 15 is 0 Å². The predicted octanol–water partition coefficient (Wildman–Crippen LogP) is 3.38. The number of hydrogen-bond acceptors (Lipinski definition) is 8.